The second-order valence-electron chi connectivity index (χ2n) is 3.55. The molecule has 9 heteroatoms. The lowest BCUT2D eigenvalue weighted by Gasteiger charge is -2.28. The van der Waals surface area contributed by atoms with Gasteiger partial charge >= 0.3 is 15.3 Å². The predicted molar refractivity (Wildman–Crippen MR) is 74.3 cm³/mol. The van der Waals surface area contributed by atoms with Gasteiger partial charge in [0.25, 0.3) is 0 Å². The van der Waals surface area contributed by atoms with Crippen LogP contribution in [-0.2, 0) is 27.2 Å². The minimum atomic E-state index is -3.45. The van der Waals surface area contributed by atoms with E-state index in [-0.39, 0.29) is 32.7 Å². The van der Waals surface area contributed by atoms with Crippen molar-refractivity contribution in [2.75, 3.05) is 39.8 Å². The van der Waals surface area contributed by atoms with E-state index in [0.717, 1.165) is 0 Å². The van der Waals surface area contributed by atoms with Gasteiger partial charge in [0.2, 0.25) is 0 Å². The topological polar surface area (TPSA) is 74.3 Å². The summed E-state index contributed by atoms with van der Waals surface area (Å²) in [6.45, 7) is 7.82. The van der Waals surface area contributed by atoms with Crippen molar-refractivity contribution in [2.45, 2.75) is 27.7 Å². The molecule has 7 nitrogen and oxygen atoms in total. The highest BCUT2D eigenvalue weighted by atomic mass is 31.2. The Morgan fingerprint density at radius 3 is 1.47 bits per heavy atom. The fourth-order valence-electron chi connectivity index (χ4n) is 1.40. The fourth-order valence-corrected chi connectivity index (χ4v) is 5.13. The quantitative estimate of drug-likeness (QED) is 0.541. The van der Waals surface area contributed by atoms with E-state index >= 15 is 0 Å². The Labute approximate surface area is 115 Å². The van der Waals surface area contributed by atoms with Gasteiger partial charge in [0, 0.05) is 0 Å². The maximum Gasteiger partial charge on any atom is 0.408 e. The third kappa shape index (κ3) is 6.50. The smallest absolute Gasteiger partial charge is 0.308 e. The van der Waals surface area contributed by atoms with E-state index in [1.165, 1.54) is 11.7 Å². The minimum absolute atomic E-state index is 0.147. The fraction of sp³-hybridized carbons (Fsp3) is 1.00. The maximum absolute atomic E-state index is 12.4. The summed E-state index contributed by atoms with van der Waals surface area (Å²) in [5.41, 5.74) is 0. The molecule has 0 bridgehead atoms. The average molecular weight is 317 g/mol. The lowest BCUT2D eigenvalue weighted by Crippen LogP contribution is -2.21. The molecule has 0 spiro atoms. The molecule has 0 unspecified atom stereocenters. The Morgan fingerprint density at radius 2 is 1.16 bits per heavy atom. The van der Waals surface area contributed by atoms with Crippen LogP contribution in [-0.4, -0.2) is 44.4 Å². The zero-order valence-electron chi connectivity index (χ0n) is 12.3. The van der Waals surface area contributed by atoms with Gasteiger partial charge in [0.1, 0.15) is 6.29 Å². The van der Waals surface area contributed by atoms with E-state index in [1.807, 2.05) is 0 Å². The molecule has 0 saturated heterocycles. The molecule has 0 N–H and O–H groups in total. The Balaban J connectivity index is 4.90. The Morgan fingerprint density at radius 1 is 0.789 bits per heavy atom. The van der Waals surface area contributed by atoms with Gasteiger partial charge in [-0.15, -0.1) is 0 Å². The van der Waals surface area contributed by atoms with Crippen molar-refractivity contribution in [1.82, 2.24) is 4.67 Å². The van der Waals surface area contributed by atoms with Crippen LogP contribution in [0.2, 0.25) is 0 Å². The Kier molecular flexibility index (Phi) is 9.37. The molecule has 0 atom stereocenters. The van der Waals surface area contributed by atoms with Crippen LogP contribution in [0.4, 0.5) is 0 Å². The zero-order chi connectivity index (χ0) is 14.9. The lowest BCUT2D eigenvalue weighted by molar-refractivity contribution is 0.170. The molecule has 0 saturated carbocycles. The van der Waals surface area contributed by atoms with Crippen LogP contribution in [0.25, 0.3) is 0 Å². The summed E-state index contributed by atoms with van der Waals surface area (Å²) in [4.78, 5) is 0. The lowest BCUT2D eigenvalue weighted by atomic mass is 10.9. The molecule has 0 aromatic heterocycles. The van der Waals surface area contributed by atoms with Gasteiger partial charge in [0.15, 0.2) is 0 Å². The first-order valence-electron chi connectivity index (χ1n) is 6.36. The summed E-state index contributed by atoms with van der Waals surface area (Å²) in [6, 6.07) is 0. The summed E-state index contributed by atoms with van der Waals surface area (Å²) in [7, 11) is -5.27. The van der Waals surface area contributed by atoms with Gasteiger partial charge < -0.3 is 9.05 Å². The van der Waals surface area contributed by atoms with Crippen molar-refractivity contribution < 1.29 is 27.2 Å². The second-order valence-corrected chi connectivity index (χ2v) is 7.71. The van der Waals surface area contributed by atoms with Crippen LogP contribution in [0.15, 0.2) is 0 Å². The highest BCUT2D eigenvalue weighted by Gasteiger charge is 2.37. The number of nitrogens with zero attached hydrogens (tertiary/aromatic N) is 1. The van der Waals surface area contributed by atoms with Gasteiger partial charge in [-0.25, -0.2) is 4.57 Å². The summed E-state index contributed by atoms with van der Waals surface area (Å²) in [5, 5.41) is 0. The van der Waals surface area contributed by atoms with Crippen molar-refractivity contribution in [2.24, 2.45) is 0 Å². The number of rotatable bonds is 11. The molecule has 0 amide bonds. The summed E-state index contributed by atoms with van der Waals surface area (Å²) in [5.74, 6) is 0. The van der Waals surface area contributed by atoms with Crippen LogP contribution >= 0.6 is 15.3 Å². The van der Waals surface area contributed by atoms with Crippen molar-refractivity contribution in [1.29, 1.82) is 0 Å². The maximum atomic E-state index is 12.4. The highest BCUT2D eigenvalue weighted by Crippen LogP contribution is 2.57. The molecule has 19 heavy (non-hydrogen) atoms. The standard InChI is InChI=1S/C10H25NO6P2/c1-6-14-18(12,15-7-2)10-11(5)19(13,16-8-3)17-9-4/h6-10H2,1-5H3. The normalized spacial score (nSPS) is 13.2. The molecule has 0 aromatic rings. The first-order chi connectivity index (χ1) is 8.87. The molecule has 0 aromatic carbocycles. The van der Waals surface area contributed by atoms with Crippen molar-refractivity contribution >= 4 is 15.3 Å². The highest BCUT2D eigenvalue weighted by molar-refractivity contribution is 7.56. The molecular formula is C10H25NO6P2. The minimum Gasteiger partial charge on any atom is -0.308 e. The van der Waals surface area contributed by atoms with Crippen molar-refractivity contribution in [3.63, 3.8) is 0 Å². The van der Waals surface area contributed by atoms with E-state index < -0.39 is 15.3 Å². The molecule has 0 aliphatic heterocycles. The van der Waals surface area contributed by atoms with Crippen LogP contribution in [0, 0.1) is 0 Å². The molecular weight excluding hydrogens is 292 g/mol. The first-order valence-corrected chi connectivity index (χ1v) is 9.58. The van der Waals surface area contributed by atoms with E-state index in [1.54, 1.807) is 27.7 Å². The van der Waals surface area contributed by atoms with Gasteiger partial charge in [-0.1, -0.05) is 0 Å². The molecule has 0 rings (SSSR count). The van der Waals surface area contributed by atoms with E-state index in [4.69, 9.17) is 18.1 Å². The zero-order valence-corrected chi connectivity index (χ0v) is 14.1. The summed E-state index contributed by atoms with van der Waals surface area (Å²) < 4.78 is 46.7. The van der Waals surface area contributed by atoms with Gasteiger partial charge in [-0.3, -0.25) is 13.6 Å². The third-order valence-electron chi connectivity index (χ3n) is 2.03. The number of hydrogen-bond donors (Lipinski definition) is 0. The summed E-state index contributed by atoms with van der Waals surface area (Å²) in [6.07, 6.45) is -0.147. The van der Waals surface area contributed by atoms with E-state index in [2.05, 4.69) is 0 Å². The van der Waals surface area contributed by atoms with E-state index in [9.17, 15) is 9.13 Å². The van der Waals surface area contributed by atoms with Gasteiger partial charge in [0.05, 0.1) is 26.4 Å². The molecule has 116 valence electrons. The molecule has 0 aliphatic rings. The monoisotopic (exact) mass is 317 g/mol. The molecule has 0 radical (unpaired) electrons. The van der Waals surface area contributed by atoms with Gasteiger partial charge in [-0.05, 0) is 34.7 Å². The predicted octanol–water partition coefficient (Wildman–Crippen LogP) is 3.32. The first kappa shape index (κ1) is 19.3. The third-order valence-corrected chi connectivity index (χ3v) is 6.48. The van der Waals surface area contributed by atoms with Gasteiger partial charge in [-0.2, -0.15) is 4.67 Å². The Hall–Kier alpha value is 0.260. The summed E-state index contributed by atoms with van der Waals surface area (Å²) >= 11 is 0. The van der Waals surface area contributed by atoms with Crippen LogP contribution in [0.3, 0.4) is 0 Å². The largest absolute Gasteiger partial charge is 0.408 e. The molecule has 0 heterocycles. The van der Waals surface area contributed by atoms with Crippen molar-refractivity contribution in [3.05, 3.63) is 0 Å². The van der Waals surface area contributed by atoms with Crippen molar-refractivity contribution in [3.8, 4) is 0 Å². The SMILES string of the molecule is CCOP(=O)(CN(C)P(=O)(OCC)OCC)OCC. The molecule has 0 aliphatic carbocycles. The van der Waals surface area contributed by atoms with Crippen LogP contribution in [0.1, 0.15) is 27.7 Å². The van der Waals surface area contributed by atoms with E-state index in [0.29, 0.717) is 0 Å². The van der Waals surface area contributed by atoms with Crippen LogP contribution in [0.5, 0.6) is 0 Å². The van der Waals surface area contributed by atoms with Crippen LogP contribution < -0.4 is 0 Å². The second kappa shape index (κ2) is 9.24. The molecule has 0 fully saturated rings. The average Bonchev–Trinajstić information content (AvgIpc) is 2.29. The number of hydrogen-bond acceptors (Lipinski definition) is 6. The Bertz CT molecular complexity index is 318.